The molecule has 0 aromatic carbocycles. The predicted octanol–water partition coefficient (Wildman–Crippen LogP) is 1.02. The molecule has 0 radical (unpaired) electrons. The zero-order valence-corrected chi connectivity index (χ0v) is 13.1. The van der Waals surface area contributed by atoms with Crippen molar-refractivity contribution in [1.29, 1.82) is 0 Å². The van der Waals surface area contributed by atoms with Crippen LogP contribution in [-0.4, -0.2) is 49.1 Å². The molecule has 0 saturated carbocycles. The van der Waals surface area contributed by atoms with E-state index in [9.17, 15) is 14.4 Å². The molecule has 0 aromatic rings. The molecule has 2 N–H and O–H groups in total. The highest BCUT2D eigenvalue weighted by Gasteiger charge is 2.00. The molecule has 0 aliphatic carbocycles. The van der Waals surface area contributed by atoms with Gasteiger partial charge in [-0.25, -0.2) is 0 Å². The average molecular weight is 290 g/mol. The molecule has 0 unspecified atom stereocenters. The molecule has 0 rings (SSSR count). The summed E-state index contributed by atoms with van der Waals surface area (Å²) in [6.45, 7) is 6.68. The standard InChI is InChI=1S/C8H15NO2S.C5H11NO/c1-7(2)12-6-3-8(11)9-4-5-10;1-3-5(7)4-6-2/h5,7H,3-4,6H2,1-2H3,(H,9,11);6H,3-4H2,1-2H3. The Morgan fingerprint density at radius 1 is 1.32 bits per heavy atom. The number of hydrogen-bond acceptors (Lipinski definition) is 5. The number of nitrogens with one attached hydrogen (secondary N) is 2. The second kappa shape index (κ2) is 15.2. The molecular weight excluding hydrogens is 264 g/mol. The first-order valence-corrected chi connectivity index (χ1v) is 7.50. The van der Waals surface area contributed by atoms with Crippen LogP contribution in [0, 0.1) is 0 Å². The van der Waals surface area contributed by atoms with E-state index in [1.54, 1.807) is 18.8 Å². The van der Waals surface area contributed by atoms with Crippen LogP contribution in [0.25, 0.3) is 0 Å². The average Bonchev–Trinajstić information content (AvgIpc) is 2.37. The number of thioether (sulfide) groups is 1. The van der Waals surface area contributed by atoms with Gasteiger partial charge in [0.1, 0.15) is 12.1 Å². The van der Waals surface area contributed by atoms with Crippen molar-refractivity contribution < 1.29 is 14.4 Å². The molecule has 0 heterocycles. The van der Waals surface area contributed by atoms with E-state index < -0.39 is 0 Å². The number of carbonyl (C=O) groups excluding carboxylic acids is 3. The number of ketones is 1. The summed E-state index contributed by atoms with van der Waals surface area (Å²) < 4.78 is 0. The lowest BCUT2D eigenvalue weighted by Crippen LogP contribution is -2.25. The second-order valence-corrected chi connectivity index (χ2v) is 5.75. The van der Waals surface area contributed by atoms with E-state index in [2.05, 4.69) is 24.5 Å². The molecule has 0 aliphatic rings. The van der Waals surface area contributed by atoms with Gasteiger partial charge in [-0.15, -0.1) is 0 Å². The molecule has 0 bridgehead atoms. The summed E-state index contributed by atoms with van der Waals surface area (Å²) >= 11 is 1.74. The van der Waals surface area contributed by atoms with E-state index in [1.165, 1.54) is 0 Å². The van der Waals surface area contributed by atoms with Gasteiger partial charge in [0, 0.05) is 18.6 Å². The van der Waals surface area contributed by atoms with Gasteiger partial charge < -0.3 is 15.4 Å². The van der Waals surface area contributed by atoms with Crippen molar-refractivity contribution in [3.05, 3.63) is 0 Å². The third-order valence-electron chi connectivity index (χ3n) is 1.93. The molecule has 5 nitrogen and oxygen atoms in total. The fourth-order valence-electron chi connectivity index (χ4n) is 0.953. The Balaban J connectivity index is 0. The number of amides is 1. The normalized spacial score (nSPS) is 9.53. The molecule has 6 heteroatoms. The molecule has 0 spiro atoms. The van der Waals surface area contributed by atoms with Crippen LogP contribution in [0.2, 0.25) is 0 Å². The smallest absolute Gasteiger partial charge is 0.221 e. The van der Waals surface area contributed by atoms with Crippen LogP contribution in [0.15, 0.2) is 0 Å². The van der Waals surface area contributed by atoms with Crippen molar-refractivity contribution in [2.24, 2.45) is 0 Å². The van der Waals surface area contributed by atoms with E-state index >= 15 is 0 Å². The maximum atomic E-state index is 10.9. The summed E-state index contributed by atoms with van der Waals surface area (Å²) in [7, 11) is 1.77. The van der Waals surface area contributed by atoms with Crippen LogP contribution in [0.5, 0.6) is 0 Å². The van der Waals surface area contributed by atoms with Crippen molar-refractivity contribution in [2.75, 3.05) is 25.9 Å². The lowest BCUT2D eigenvalue weighted by Gasteiger charge is -2.03. The zero-order chi connectivity index (χ0) is 15.1. The van der Waals surface area contributed by atoms with Crippen LogP contribution in [0.4, 0.5) is 0 Å². The Bertz CT molecular complexity index is 258. The Morgan fingerprint density at radius 3 is 2.32 bits per heavy atom. The van der Waals surface area contributed by atoms with Crippen LogP contribution in [-0.2, 0) is 14.4 Å². The van der Waals surface area contributed by atoms with Gasteiger partial charge in [0.15, 0.2) is 0 Å². The maximum absolute atomic E-state index is 10.9. The highest BCUT2D eigenvalue weighted by atomic mass is 32.2. The summed E-state index contributed by atoms with van der Waals surface area (Å²) in [6.07, 6.45) is 1.82. The zero-order valence-electron chi connectivity index (χ0n) is 12.3. The van der Waals surface area contributed by atoms with Gasteiger partial charge in [0.2, 0.25) is 5.91 Å². The first-order chi connectivity index (χ1) is 8.97. The van der Waals surface area contributed by atoms with Crippen LogP contribution in [0.3, 0.4) is 0 Å². The van der Waals surface area contributed by atoms with Gasteiger partial charge in [-0.3, -0.25) is 9.59 Å². The minimum absolute atomic E-state index is 0.0461. The highest BCUT2D eigenvalue weighted by Crippen LogP contribution is 2.09. The lowest BCUT2D eigenvalue weighted by molar-refractivity contribution is -0.122. The number of aldehydes is 1. The Morgan fingerprint density at radius 2 is 1.95 bits per heavy atom. The maximum Gasteiger partial charge on any atom is 0.221 e. The minimum Gasteiger partial charge on any atom is -0.349 e. The third kappa shape index (κ3) is 19.6. The van der Waals surface area contributed by atoms with Crippen LogP contribution >= 0.6 is 11.8 Å². The molecule has 0 saturated heterocycles. The van der Waals surface area contributed by atoms with E-state index in [-0.39, 0.29) is 18.2 Å². The second-order valence-electron chi connectivity index (χ2n) is 4.06. The largest absolute Gasteiger partial charge is 0.349 e. The van der Waals surface area contributed by atoms with Gasteiger partial charge in [-0.2, -0.15) is 11.8 Å². The molecule has 0 aliphatic heterocycles. The monoisotopic (exact) mass is 290 g/mol. The first kappa shape index (κ1) is 20.4. The van der Waals surface area contributed by atoms with E-state index in [0.29, 0.717) is 30.9 Å². The Kier molecular flexibility index (Phi) is 16.3. The third-order valence-corrected chi connectivity index (χ3v) is 3.04. The molecular formula is C13H26N2O3S. The molecule has 0 fully saturated rings. The first-order valence-electron chi connectivity index (χ1n) is 6.46. The quantitative estimate of drug-likeness (QED) is 0.620. The molecule has 112 valence electrons. The van der Waals surface area contributed by atoms with E-state index in [1.807, 2.05) is 6.92 Å². The van der Waals surface area contributed by atoms with E-state index in [0.717, 1.165) is 5.75 Å². The summed E-state index contributed by atoms with van der Waals surface area (Å²) in [4.78, 5) is 31.1. The number of Topliss-reactive ketones (excluding diaryl/α,β-unsaturated/α-hetero) is 1. The summed E-state index contributed by atoms with van der Waals surface area (Å²) in [5, 5.41) is 5.81. The Hall–Kier alpha value is -0.880. The van der Waals surface area contributed by atoms with Gasteiger partial charge in [-0.05, 0) is 12.3 Å². The van der Waals surface area contributed by atoms with Crippen molar-refractivity contribution in [1.82, 2.24) is 10.6 Å². The highest BCUT2D eigenvalue weighted by molar-refractivity contribution is 7.99. The summed E-state index contributed by atoms with van der Waals surface area (Å²) in [6, 6.07) is 0. The topological polar surface area (TPSA) is 75.3 Å². The van der Waals surface area contributed by atoms with Crippen molar-refractivity contribution in [2.45, 2.75) is 38.9 Å². The molecule has 0 atom stereocenters. The van der Waals surface area contributed by atoms with Crippen molar-refractivity contribution >= 4 is 29.7 Å². The molecule has 0 aromatic heterocycles. The van der Waals surface area contributed by atoms with Gasteiger partial charge in [0.05, 0.1) is 13.1 Å². The predicted molar refractivity (Wildman–Crippen MR) is 80.5 cm³/mol. The number of rotatable bonds is 9. The summed E-state index contributed by atoms with van der Waals surface area (Å²) in [5.74, 6) is 1.04. The SMILES string of the molecule is CC(C)SCCC(=O)NCC=O.CCC(=O)CNC. The van der Waals surface area contributed by atoms with Gasteiger partial charge >= 0.3 is 0 Å². The minimum atomic E-state index is -0.0461. The lowest BCUT2D eigenvalue weighted by atomic mass is 10.3. The van der Waals surface area contributed by atoms with Crippen molar-refractivity contribution in [3.8, 4) is 0 Å². The molecule has 19 heavy (non-hydrogen) atoms. The molecule has 1 amide bonds. The Labute approximate surface area is 120 Å². The van der Waals surface area contributed by atoms with Gasteiger partial charge in [-0.1, -0.05) is 20.8 Å². The van der Waals surface area contributed by atoms with Crippen molar-refractivity contribution in [3.63, 3.8) is 0 Å². The van der Waals surface area contributed by atoms with Gasteiger partial charge in [0.25, 0.3) is 0 Å². The van der Waals surface area contributed by atoms with Crippen LogP contribution in [0.1, 0.15) is 33.6 Å². The number of carbonyl (C=O) groups is 3. The fraction of sp³-hybridized carbons (Fsp3) is 0.769. The van der Waals surface area contributed by atoms with E-state index in [4.69, 9.17) is 0 Å². The fourth-order valence-corrected chi connectivity index (χ4v) is 1.73. The van der Waals surface area contributed by atoms with Crippen LogP contribution < -0.4 is 10.6 Å². The number of hydrogen-bond donors (Lipinski definition) is 2. The number of likely N-dealkylation sites (N-methyl/N-ethyl adjacent to an activating group) is 1. The summed E-state index contributed by atoms with van der Waals surface area (Å²) in [5.41, 5.74) is 0.